The van der Waals surface area contributed by atoms with Gasteiger partial charge >= 0.3 is 0 Å². The van der Waals surface area contributed by atoms with E-state index in [1.54, 1.807) is 17.4 Å². The van der Waals surface area contributed by atoms with Crippen molar-refractivity contribution in [2.75, 3.05) is 20.1 Å². The fraction of sp³-hybridized carbons (Fsp3) is 0.579. The minimum atomic E-state index is 0.0433. The molecule has 4 rings (SSSR count). The number of hydrogen-bond donors (Lipinski definition) is 0. The molecule has 1 saturated carbocycles. The maximum atomic E-state index is 12.8. The molecule has 0 N–H and O–H groups in total. The minimum Gasteiger partial charge on any atom is -0.337 e. The number of carbonyl (C=O) groups is 1. The van der Waals surface area contributed by atoms with Crippen LogP contribution in [0.15, 0.2) is 17.6 Å². The van der Waals surface area contributed by atoms with Gasteiger partial charge in [-0.1, -0.05) is 0 Å². The van der Waals surface area contributed by atoms with Crippen LogP contribution in [0.4, 0.5) is 0 Å². The van der Waals surface area contributed by atoms with Gasteiger partial charge in [-0.25, -0.2) is 15.0 Å². The largest absolute Gasteiger partial charge is 0.337 e. The number of nitrogens with zero attached hydrogens (tertiary/aromatic N) is 5. The Morgan fingerprint density at radius 1 is 1.35 bits per heavy atom. The molecule has 0 radical (unpaired) electrons. The summed E-state index contributed by atoms with van der Waals surface area (Å²) in [5.41, 5.74) is 1.76. The summed E-state index contributed by atoms with van der Waals surface area (Å²) in [4.78, 5) is 30.2. The molecule has 138 valence electrons. The van der Waals surface area contributed by atoms with E-state index in [1.807, 2.05) is 30.3 Å². The number of amides is 1. The van der Waals surface area contributed by atoms with Crippen molar-refractivity contribution in [2.45, 2.75) is 45.7 Å². The predicted octanol–water partition coefficient (Wildman–Crippen LogP) is 2.68. The molecule has 1 amide bonds. The van der Waals surface area contributed by atoms with E-state index in [4.69, 9.17) is 0 Å². The fourth-order valence-corrected chi connectivity index (χ4v) is 4.96. The zero-order valence-corrected chi connectivity index (χ0v) is 16.4. The number of hydrogen-bond acceptors (Lipinski definition) is 6. The van der Waals surface area contributed by atoms with Crippen molar-refractivity contribution in [1.82, 2.24) is 24.8 Å². The van der Waals surface area contributed by atoms with Gasteiger partial charge in [-0.15, -0.1) is 11.3 Å². The lowest BCUT2D eigenvalue weighted by Crippen LogP contribution is -2.41. The Labute approximate surface area is 158 Å². The first-order valence-corrected chi connectivity index (χ1v) is 10.0. The van der Waals surface area contributed by atoms with Gasteiger partial charge in [0.25, 0.3) is 5.91 Å². The van der Waals surface area contributed by atoms with Crippen LogP contribution in [0.5, 0.6) is 0 Å². The summed E-state index contributed by atoms with van der Waals surface area (Å²) in [6, 6.07) is 2.41. The Bertz CT molecular complexity index is 778. The van der Waals surface area contributed by atoms with Crippen molar-refractivity contribution in [1.29, 1.82) is 0 Å². The molecule has 0 unspecified atom stereocenters. The van der Waals surface area contributed by atoms with Crippen LogP contribution in [0.3, 0.4) is 0 Å². The smallest absolute Gasteiger partial charge is 0.272 e. The van der Waals surface area contributed by atoms with Crippen LogP contribution < -0.4 is 0 Å². The topological polar surface area (TPSA) is 62.2 Å². The van der Waals surface area contributed by atoms with Gasteiger partial charge in [0.1, 0.15) is 16.5 Å². The summed E-state index contributed by atoms with van der Waals surface area (Å²) < 4.78 is 0. The first kappa shape index (κ1) is 17.5. The van der Waals surface area contributed by atoms with E-state index in [0.29, 0.717) is 23.0 Å². The van der Waals surface area contributed by atoms with Crippen LogP contribution in [0.25, 0.3) is 0 Å². The van der Waals surface area contributed by atoms with Gasteiger partial charge in [0.05, 0.1) is 6.54 Å². The Hall–Kier alpha value is -1.86. The second-order valence-electron chi connectivity index (χ2n) is 7.66. The SMILES string of the molecule is Cc1cc(C(=O)N2CCC3(CC2)C[C@H]3N(C)Cc2nccs2)nc(C)n1. The highest BCUT2D eigenvalue weighted by Crippen LogP contribution is 2.56. The van der Waals surface area contributed by atoms with Gasteiger partial charge in [-0.05, 0) is 51.6 Å². The van der Waals surface area contributed by atoms with Crippen LogP contribution in [0, 0.1) is 19.3 Å². The highest BCUT2D eigenvalue weighted by Gasteiger charge is 2.56. The molecule has 0 aromatic carbocycles. The first-order chi connectivity index (χ1) is 12.5. The number of likely N-dealkylation sites (tertiary alicyclic amines) is 1. The minimum absolute atomic E-state index is 0.0433. The van der Waals surface area contributed by atoms with Crippen LogP contribution in [-0.2, 0) is 6.54 Å². The van der Waals surface area contributed by atoms with E-state index in [-0.39, 0.29) is 5.91 Å². The fourth-order valence-electron chi connectivity index (χ4n) is 4.29. The molecule has 1 aliphatic carbocycles. The van der Waals surface area contributed by atoms with E-state index in [2.05, 4.69) is 26.9 Å². The lowest BCUT2D eigenvalue weighted by molar-refractivity contribution is 0.0651. The summed E-state index contributed by atoms with van der Waals surface area (Å²) in [7, 11) is 2.20. The molecule has 2 aromatic rings. The predicted molar refractivity (Wildman–Crippen MR) is 101 cm³/mol. The molecule has 26 heavy (non-hydrogen) atoms. The molecule has 2 fully saturated rings. The molecular weight excluding hydrogens is 346 g/mol. The van der Waals surface area contributed by atoms with Crippen LogP contribution >= 0.6 is 11.3 Å². The number of piperidine rings is 1. The van der Waals surface area contributed by atoms with Gasteiger partial charge in [0.15, 0.2) is 0 Å². The van der Waals surface area contributed by atoms with Gasteiger partial charge in [0, 0.05) is 36.4 Å². The summed E-state index contributed by atoms with van der Waals surface area (Å²) in [6.07, 6.45) is 5.27. The lowest BCUT2D eigenvalue weighted by atomic mass is 9.92. The molecule has 2 aromatic heterocycles. The third-order valence-corrected chi connectivity index (χ3v) is 6.54. The van der Waals surface area contributed by atoms with Crippen molar-refractivity contribution in [3.05, 3.63) is 39.9 Å². The van der Waals surface area contributed by atoms with Gasteiger partial charge in [-0.2, -0.15) is 0 Å². The molecule has 6 nitrogen and oxygen atoms in total. The third kappa shape index (κ3) is 3.38. The average Bonchev–Trinajstić information content (AvgIpc) is 3.05. The number of carbonyl (C=O) groups excluding carboxylic acids is 1. The number of thiazole rings is 1. The number of aryl methyl sites for hydroxylation is 2. The van der Waals surface area contributed by atoms with Crippen LogP contribution in [0.2, 0.25) is 0 Å². The summed E-state index contributed by atoms with van der Waals surface area (Å²) in [5, 5.41) is 3.21. The molecule has 3 heterocycles. The van der Waals surface area contributed by atoms with Gasteiger partial charge in [0.2, 0.25) is 0 Å². The normalized spacial score (nSPS) is 21.4. The Morgan fingerprint density at radius 3 is 2.77 bits per heavy atom. The summed E-state index contributed by atoms with van der Waals surface area (Å²) in [6.45, 7) is 6.31. The quantitative estimate of drug-likeness (QED) is 0.827. The standard InChI is InChI=1S/C19H25N5OS/c1-13-10-15(22-14(2)21-13)18(25)24-7-4-19(5-8-24)11-16(19)23(3)12-17-20-6-9-26-17/h6,9-10,16H,4-5,7-8,11-12H2,1-3H3/t16-/m1/s1. The zero-order chi connectivity index (χ0) is 18.3. The molecule has 1 aliphatic heterocycles. The van der Waals surface area contributed by atoms with Crippen LogP contribution in [0.1, 0.15) is 46.3 Å². The number of rotatable bonds is 4. The molecule has 2 aliphatic rings. The number of aromatic nitrogens is 3. The molecular formula is C19H25N5OS. The van der Waals surface area contributed by atoms with Crippen molar-refractivity contribution >= 4 is 17.2 Å². The molecule has 1 saturated heterocycles. The van der Waals surface area contributed by atoms with Crippen molar-refractivity contribution in [3.63, 3.8) is 0 Å². The molecule has 1 spiro atoms. The third-order valence-electron chi connectivity index (χ3n) is 5.78. The van der Waals surface area contributed by atoms with Crippen molar-refractivity contribution in [2.24, 2.45) is 5.41 Å². The van der Waals surface area contributed by atoms with E-state index in [9.17, 15) is 4.79 Å². The lowest BCUT2D eigenvalue weighted by Gasteiger charge is -2.34. The van der Waals surface area contributed by atoms with Crippen LogP contribution in [-0.4, -0.2) is 56.8 Å². The van der Waals surface area contributed by atoms with Gasteiger partial charge < -0.3 is 4.90 Å². The Balaban J connectivity index is 1.35. The molecule has 7 heteroatoms. The molecule has 0 bridgehead atoms. The van der Waals surface area contributed by atoms with E-state index >= 15 is 0 Å². The zero-order valence-electron chi connectivity index (χ0n) is 15.6. The van der Waals surface area contributed by atoms with Gasteiger partial charge in [-0.3, -0.25) is 9.69 Å². The summed E-state index contributed by atoms with van der Waals surface area (Å²) in [5.74, 6) is 0.703. The van der Waals surface area contributed by atoms with E-state index < -0.39 is 0 Å². The Kier molecular flexibility index (Phi) is 4.52. The van der Waals surface area contributed by atoms with Crippen molar-refractivity contribution in [3.8, 4) is 0 Å². The van der Waals surface area contributed by atoms with E-state index in [1.165, 1.54) is 11.4 Å². The Morgan fingerprint density at radius 2 is 2.12 bits per heavy atom. The second kappa shape index (κ2) is 6.70. The maximum Gasteiger partial charge on any atom is 0.272 e. The molecule has 1 atom stereocenters. The highest BCUT2D eigenvalue weighted by atomic mass is 32.1. The average molecular weight is 372 g/mol. The monoisotopic (exact) mass is 371 g/mol. The maximum absolute atomic E-state index is 12.8. The van der Waals surface area contributed by atoms with Crippen molar-refractivity contribution < 1.29 is 4.79 Å². The highest BCUT2D eigenvalue weighted by molar-refractivity contribution is 7.09. The first-order valence-electron chi connectivity index (χ1n) is 9.17. The second-order valence-corrected chi connectivity index (χ2v) is 8.64. The van der Waals surface area contributed by atoms with E-state index in [0.717, 1.165) is 38.2 Å². The summed E-state index contributed by atoms with van der Waals surface area (Å²) >= 11 is 1.72.